The van der Waals surface area contributed by atoms with Crippen LogP contribution in [0.5, 0.6) is 0 Å². The van der Waals surface area contributed by atoms with Crippen LogP contribution in [0.4, 0.5) is 8.78 Å². The lowest BCUT2D eigenvalue weighted by atomic mass is 10.2. The normalized spacial score (nSPS) is 19.8. The fraction of sp³-hybridized carbons (Fsp3) is 0.364. The number of benzene rings is 1. The van der Waals surface area contributed by atoms with Gasteiger partial charge >= 0.3 is 0 Å². The van der Waals surface area contributed by atoms with Crippen LogP contribution in [0.1, 0.15) is 16.8 Å². The molecule has 1 heterocycles. The van der Waals surface area contributed by atoms with Crippen molar-refractivity contribution in [3.63, 3.8) is 0 Å². The van der Waals surface area contributed by atoms with Crippen molar-refractivity contribution in [1.82, 2.24) is 4.90 Å². The fourth-order valence-electron chi connectivity index (χ4n) is 1.78. The van der Waals surface area contributed by atoms with Crippen LogP contribution in [0.2, 0.25) is 5.02 Å². The van der Waals surface area contributed by atoms with Gasteiger partial charge in [0.2, 0.25) is 0 Å². The number of hydrogen-bond acceptors (Lipinski definition) is 2. The minimum absolute atomic E-state index is 0.141. The quantitative estimate of drug-likeness (QED) is 0.784. The zero-order valence-corrected chi connectivity index (χ0v) is 9.55. The van der Waals surface area contributed by atoms with Gasteiger partial charge in [0.25, 0.3) is 5.91 Å². The van der Waals surface area contributed by atoms with Crippen molar-refractivity contribution >= 4 is 17.5 Å². The van der Waals surface area contributed by atoms with Crippen molar-refractivity contribution in [1.29, 1.82) is 0 Å². The third-order valence-electron chi connectivity index (χ3n) is 2.69. The van der Waals surface area contributed by atoms with Crippen LogP contribution >= 0.6 is 11.6 Å². The van der Waals surface area contributed by atoms with Crippen molar-refractivity contribution < 1.29 is 18.7 Å². The van der Waals surface area contributed by atoms with Crippen molar-refractivity contribution in [2.45, 2.75) is 12.5 Å². The van der Waals surface area contributed by atoms with E-state index in [2.05, 4.69) is 0 Å². The second kappa shape index (κ2) is 4.58. The van der Waals surface area contributed by atoms with Gasteiger partial charge in [0, 0.05) is 13.1 Å². The van der Waals surface area contributed by atoms with Crippen molar-refractivity contribution in [3.8, 4) is 0 Å². The van der Waals surface area contributed by atoms with E-state index >= 15 is 0 Å². The Morgan fingerprint density at radius 1 is 1.41 bits per heavy atom. The molecule has 1 aromatic carbocycles. The summed E-state index contributed by atoms with van der Waals surface area (Å²) in [6.07, 6.45) is -0.150. The minimum Gasteiger partial charge on any atom is -0.391 e. The van der Waals surface area contributed by atoms with Gasteiger partial charge in [0.15, 0.2) is 0 Å². The molecule has 17 heavy (non-hydrogen) atoms. The van der Waals surface area contributed by atoms with Crippen LogP contribution in [0.3, 0.4) is 0 Å². The average Bonchev–Trinajstić information content (AvgIpc) is 2.69. The molecule has 1 aromatic rings. The summed E-state index contributed by atoms with van der Waals surface area (Å²) in [6.45, 7) is 0.478. The summed E-state index contributed by atoms with van der Waals surface area (Å²) in [6, 6.07) is 1.56. The number of halogens is 3. The molecule has 0 saturated carbocycles. The Bertz CT molecular complexity index is 467. The maximum absolute atomic E-state index is 13.5. The molecule has 1 fully saturated rings. The first-order valence-electron chi connectivity index (χ1n) is 5.11. The number of carbonyl (C=O) groups is 1. The Balaban J connectivity index is 2.28. The molecule has 3 nitrogen and oxygen atoms in total. The van der Waals surface area contributed by atoms with Gasteiger partial charge in [0.05, 0.1) is 16.7 Å². The van der Waals surface area contributed by atoms with E-state index in [0.717, 1.165) is 12.1 Å². The highest BCUT2D eigenvalue weighted by molar-refractivity contribution is 6.30. The molecule has 0 aromatic heterocycles. The van der Waals surface area contributed by atoms with Crippen molar-refractivity contribution in [2.75, 3.05) is 13.1 Å². The molecule has 92 valence electrons. The number of aliphatic hydroxyl groups excluding tert-OH is 1. The Morgan fingerprint density at radius 3 is 2.71 bits per heavy atom. The van der Waals surface area contributed by atoms with E-state index in [4.69, 9.17) is 11.6 Å². The number of aliphatic hydroxyl groups is 1. The van der Waals surface area contributed by atoms with Gasteiger partial charge in [0.1, 0.15) is 11.6 Å². The van der Waals surface area contributed by atoms with Crippen LogP contribution in [0.15, 0.2) is 12.1 Å². The molecule has 1 aliphatic rings. The standard InChI is InChI=1S/C11H10ClF2NO2/c12-8-4-9(13)7(3-10(8)14)11(17)15-2-1-6(16)5-15/h3-4,6,16H,1-2,5H2. The van der Waals surface area contributed by atoms with Gasteiger partial charge in [-0.25, -0.2) is 8.78 Å². The molecule has 1 atom stereocenters. The number of carbonyl (C=O) groups excluding carboxylic acids is 1. The Labute approximate surface area is 102 Å². The lowest BCUT2D eigenvalue weighted by Crippen LogP contribution is -2.30. The maximum atomic E-state index is 13.5. The maximum Gasteiger partial charge on any atom is 0.257 e. The molecule has 1 amide bonds. The number of likely N-dealkylation sites (tertiary alicyclic amines) is 1. The molecular weight excluding hydrogens is 252 g/mol. The smallest absolute Gasteiger partial charge is 0.257 e. The van der Waals surface area contributed by atoms with E-state index in [1.807, 2.05) is 0 Å². The Kier molecular flexibility index (Phi) is 3.31. The summed E-state index contributed by atoms with van der Waals surface area (Å²) < 4.78 is 26.6. The van der Waals surface area contributed by atoms with Gasteiger partial charge in [-0.15, -0.1) is 0 Å². The van der Waals surface area contributed by atoms with Gasteiger partial charge in [-0.05, 0) is 18.6 Å². The van der Waals surface area contributed by atoms with Crippen molar-refractivity contribution in [3.05, 3.63) is 34.4 Å². The van der Waals surface area contributed by atoms with E-state index < -0.39 is 23.6 Å². The highest BCUT2D eigenvalue weighted by Gasteiger charge is 2.27. The van der Waals surface area contributed by atoms with Gasteiger partial charge in [-0.2, -0.15) is 0 Å². The third-order valence-corrected chi connectivity index (χ3v) is 2.98. The molecule has 1 saturated heterocycles. The lowest BCUT2D eigenvalue weighted by Gasteiger charge is -2.16. The van der Waals surface area contributed by atoms with Gasteiger partial charge < -0.3 is 10.0 Å². The molecule has 1 unspecified atom stereocenters. The summed E-state index contributed by atoms with van der Waals surface area (Å²) in [5, 5.41) is 8.92. The molecule has 2 rings (SSSR count). The fourth-order valence-corrected chi connectivity index (χ4v) is 1.93. The first kappa shape index (κ1) is 12.3. The van der Waals surface area contributed by atoms with E-state index in [-0.39, 0.29) is 17.1 Å². The molecule has 6 heteroatoms. The second-order valence-corrected chi connectivity index (χ2v) is 4.35. The SMILES string of the molecule is O=C(c1cc(F)c(Cl)cc1F)N1CCC(O)C1. The number of rotatable bonds is 1. The number of amides is 1. The number of β-amino-alcohol motifs (C(OH)–C–C–N with tert-alkyl or cyclic N) is 1. The monoisotopic (exact) mass is 261 g/mol. The molecule has 1 aliphatic heterocycles. The molecule has 0 bridgehead atoms. The summed E-state index contributed by atoms with van der Waals surface area (Å²) >= 11 is 5.39. The van der Waals surface area contributed by atoms with Crippen LogP contribution in [-0.2, 0) is 0 Å². The number of nitrogens with zero attached hydrogens (tertiary/aromatic N) is 1. The third kappa shape index (κ3) is 2.40. The van der Waals surface area contributed by atoms with E-state index in [1.165, 1.54) is 4.90 Å². The predicted molar refractivity (Wildman–Crippen MR) is 57.9 cm³/mol. The zero-order chi connectivity index (χ0) is 12.6. The van der Waals surface area contributed by atoms with Crippen LogP contribution in [0.25, 0.3) is 0 Å². The molecular formula is C11H10ClF2NO2. The summed E-state index contributed by atoms with van der Waals surface area (Å²) in [5.41, 5.74) is -0.360. The Hall–Kier alpha value is -1.20. The van der Waals surface area contributed by atoms with E-state index in [9.17, 15) is 18.7 Å². The first-order chi connectivity index (χ1) is 7.99. The highest BCUT2D eigenvalue weighted by atomic mass is 35.5. The van der Waals surface area contributed by atoms with Crippen LogP contribution in [0, 0.1) is 11.6 Å². The molecule has 1 N–H and O–H groups in total. The van der Waals surface area contributed by atoms with E-state index in [1.54, 1.807) is 0 Å². The average molecular weight is 262 g/mol. The first-order valence-corrected chi connectivity index (χ1v) is 5.48. The molecule has 0 radical (unpaired) electrons. The van der Waals surface area contributed by atoms with Crippen molar-refractivity contribution in [2.24, 2.45) is 0 Å². The summed E-state index contributed by atoms with van der Waals surface area (Å²) in [4.78, 5) is 13.1. The summed E-state index contributed by atoms with van der Waals surface area (Å²) in [7, 11) is 0. The molecule has 0 aliphatic carbocycles. The van der Waals surface area contributed by atoms with Gasteiger partial charge in [-0.1, -0.05) is 11.6 Å². The summed E-state index contributed by atoms with van der Waals surface area (Å²) in [5.74, 6) is -2.33. The highest BCUT2D eigenvalue weighted by Crippen LogP contribution is 2.22. The Morgan fingerprint density at radius 2 is 2.12 bits per heavy atom. The van der Waals surface area contributed by atoms with Crippen LogP contribution in [-0.4, -0.2) is 35.1 Å². The van der Waals surface area contributed by atoms with Crippen LogP contribution < -0.4 is 0 Å². The number of hydrogen-bond donors (Lipinski definition) is 1. The van der Waals surface area contributed by atoms with E-state index in [0.29, 0.717) is 13.0 Å². The van der Waals surface area contributed by atoms with Gasteiger partial charge in [-0.3, -0.25) is 4.79 Å². The zero-order valence-electron chi connectivity index (χ0n) is 8.79. The largest absolute Gasteiger partial charge is 0.391 e. The molecule has 0 spiro atoms. The lowest BCUT2D eigenvalue weighted by molar-refractivity contribution is 0.0760. The minimum atomic E-state index is -0.859. The topological polar surface area (TPSA) is 40.5 Å². The predicted octanol–water partition coefficient (Wildman–Crippen LogP) is 1.82. The second-order valence-electron chi connectivity index (χ2n) is 3.94.